The number of nitrogens with one attached hydrogen (secondary N) is 2. The molecule has 0 aromatic heterocycles. The quantitative estimate of drug-likeness (QED) is 0.775. The molecule has 1 unspecified atom stereocenters. The molecule has 0 saturated carbocycles. The van der Waals surface area contributed by atoms with Crippen LogP contribution in [0.3, 0.4) is 0 Å². The highest BCUT2D eigenvalue weighted by Gasteiger charge is 2.25. The number of ether oxygens (including phenoxy) is 1. The summed E-state index contributed by atoms with van der Waals surface area (Å²) in [5.41, 5.74) is 6.30. The molecule has 0 spiro atoms. The second-order valence-electron chi connectivity index (χ2n) is 5.82. The zero-order valence-electron chi connectivity index (χ0n) is 12.7. The molecule has 1 rings (SSSR count). The van der Waals surface area contributed by atoms with Gasteiger partial charge in [0.1, 0.15) is 5.75 Å². The van der Waals surface area contributed by atoms with Crippen LogP contribution in [0.2, 0.25) is 0 Å². The highest BCUT2D eigenvalue weighted by molar-refractivity contribution is 5.89. The van der Waals surface area contributed by atoms with Gasteiger partial charge >= 0.3 is 6.03 Å². The second kappa shape index (κ2) is 7.14. The Bertz CT molecular complexity index is 424. The monoisotopic (exact) mass is 279 g/mol. The number of anilines is 1. The van der Waals surface area contributed by atoms with Crippen LogP contribution in [0, 0.1) is 5.41 Å². The van der Waals surface area contributed by atoms with Gasteiger partial charge in [0.15, 0.2) is 0 Å². The Morgan fingerprint density at radius 2 is 1.90 bits per heavy atom. The van der Waals surface area contributed by atoms with Crippen LogP contribution in [-0.2, 0) is 0 Å². The van der Waals surface area contributed by atoms with Gasteiger partial charge in [0, 0.05) is 11.7 Å². The minimum Gasteiger partial charge on any atom is -0.497 e. The van der Waals surface area contributed by atoms with Gasteiger partial charge in [-0.05, 0) is 42.6 Å². The van der Waals surface area contributed by atoms with Crippen molar-refractivity contribution in [3.63, 3.8) is 0 Å². The number of hydrogen-bond donors (Lipinski definition) is 3. The van der Waals surface area contributed by atoms with Gasteiger partial charge in [-0.25, -0.2) is 4.79 Å². The van der Waals surface area contributed by atoms with E-state index in [1.54, 1.807) is 31.4 Å². The summed E-state index contributed by atoms with van der Waals surface area (Å²) in [6.45, 7) is 6.80. The first-order valence-corrected chi connectivity index (χ1v) is 6.78. The van der Waals surface area contributed by atoms with Crippen molar-refractivity contribution in [1.82, 2.24) is 5.32 Å². The lowest BCUT2D eigenvalue weighted by molar-refractivity contribution is 0.225. The molecule has 0 aliphatic rings. The van der Waals surface area contributed by atoms with Crippen molar-refractivity contribution in [2.45, 2.75) is 33.2 Å². The number of carbonyl (C=O) groups is 1. The molecule has 4 N–H and O–H groups in total. The van der Waals surface area contributed by atoms with Gasteiger partial charge in [-0.15, -0.1) is 0 Å². The van der Waals surface area contributed by atoms with Crippen LogP contribution in [0.4, 0.5) is 10.5 Å². The average molecular weight is 279 g/mol. The summed E-state index contributed by atoms with van der Waals surface area (Å²) in [6, 6.07) is 7.02. The summed E-state index contributed by atoms with van der Waals surface area (Å²) >= 11 is 0. The molecule has 0 aliphatic heterocycles. The standard InChI is InChI=1S/C15H25N3O2/c1-15(2,3)13(9-10-16)18-14(19)17-11-5-7-12(20-4)8-6-11/h5-8,13H,9-10,16H2,1-4H3,(H2,17,18,19). The molecule has 0 aliphatic carbocycles. The molecule has 0 bridgehead atoms. The maximum Gasteiger partial charge on any atom is 0.319 e. The van der Waals surface area contributed by atoms with E-state index in [2.05, 4.69) is 31.4 Å². The summed E-state index contributed by atoms with van der Waals surface area (Å²) in [6.07, 6.45) is 0.750. The Morgan fingerprint density at radius 3 is 2.35 bits per heavy atom. The fourth-order valence-electron chi connectivity index (χ4n) is 1.89. The average Bonchev–Trinajstić information content (AvgIpc) is 2.38. The molecular formula is C15H25N3O2. The summed E-state index contributed by atoms with van der Waals surface area (Å²) < 4.78 is 5.07. The predicted octanol–water partition coefficient (Wildman–Crippen LogP) is 2.58. The normalized spacial score (nSPS) is 12.7. The summed E-state index contributed by atoms with van der Waals surface area (Å²) in [4.78, 5) is 12.0. The van der Waals surface area contributed by atoms with Crippen LogP contribution >= 0.6 is 0 Å². The lowest BCUT2D eigenvalue weighted by Crippen LogP contribution is -2.46. The minimum atomic E-state index is -0.219. The van der Waals surface area contributed by atoms with Crippen LogP contribution in [0.1, 0.15) is 27.2 Å². The van der Waals surface area contributed by atoms with Gasteiger partial charge in [-0.2, -0.15) is 0 Å². The molecule has 1 atom stereocenters. The third-order valence-corrected chi connectivity index (χ3v) is 3.15. The zero-order chi connectivity index (χ0) is 15.2. The molecule has 1 aromatic carbocycles. The molecule has 0 radical (unpaired) electrons. The van der Waals surface area contributed by atoms with Gasteiger partial charge in [-0.3, -0.25) is 0 Å². The van der Waals surface area contributed by atoms with Crippen molar-refractivity contribution in [1.29, 1.82) is 0 Å². The molecule has 0 heterocycles. The van der Waals surface area contributed by atoms with Gasteiger partial charge < -0.3 is 21.1 Å². The first kappa shape index (κ1) is 16.3. The molecule has 112 valence electrons. The van der Waals surface area contributed by atoms with E-state index in [1.165, 1.54) is 0 Å². The van der Waals surface area contributed by atoms with Crippen LogP contribution in [-0.4, -0.2) is 25.7 Å². The van der Waals surface area contributed by atoms with E-state index in [4.69, 9.17) is 10.5 Å². The summed E-state index contributed by atoms with van der Waals surface area (Å²) in [5.74, 6) is 0.756. The second-order valence-corrected chi connectivity index (χ2v) is 5.82. The van der Waals surface area contributed by atoms with E-state index in [0.29, 0.717) is 6.54 Å². The first-order valence-electron chi connectivity index (χ1n) is 6.78. The van der Waals surface area contributed by atoms with Gasteiger partial charge in [0.25, 0.3) is 0 Å². The number of amides is 2. The SMILES string of the molecule is COc1ccc(NC(=O)NC(CCN)C(C)(C)C)cc1. The Kier molecular flexibility index (Phi) is 5.82. The van der Waals surface area contributed by atoms with Crippen LogP contribution in [0.25, 0.3) is 0 Å². The molecule has 2 amide bonds. The van der Waals surface area contributed by atoms with Crippen molar-refractivity contribution < 1.29 is 9.53 Å². The van der Waals surface area contributed by atoms with Crippen LogP contribution in [0.15, 0.2) is 24.3 Å². The van der Waals surface area contributed by atoms with Gasteiger partial charge in [0.05, 0.1) is 7.11 Å². The van der Waals surface area contributed by atoms with Crippen LogP contribution < -0.4 is 21.1 Å². The van der Waals surface area contributed by atoms with E-state index >= 15 is 0 Å². The molecule has 1 aromatic rings. The van der Waals surface area contributed by atoms with Crippen molar-refractivity contribution >= 4 is 11.7 Å². The maximum atomic E-state index is 12.0. The first-order chi connectivity index (χ1) is 9.36. The number of carbonyl (C=O) groups excluding carboxylic acids is 1. The maximum absolute atomic E-state index is 12.0. The minimum absolute atomic E-state index is 0.0311. The number of methoxy groups -OCH3 is 1. The summed E-state index contributed by atoms with van der Waals surface area (Å²) in [7, 11) is 1.61. The Hall–Kier alpha value is -1.75. The highest BCUT2D eigenvalue weighted by Crippen LogP contribution is 2.21. The van der Waals surface area contributed by atoms with Crippen molar-refractivity contribution in [2.24, 2.45) is 11.1 Å². The van der Waals surface area contributed by atoms with E-state index in [-0.39, 0.29) is 17.5 Å². The van der Waals surface area contributed by atoms with Crippen molar-refractivity contribution in [3.05, 3.63) is 24.3 Å². The molecule has 0 saturated heterocycles. The molecule has 0 fully saturated rings. The molecular weight excluding hydrogens is 254 g/mol. The fourth-order valence-corrected chi connectivity index (χ4v) is 1.89. The lowest BCUT2D eigenvalue weighted by atomic mass is 9.85. The number of hydrogen-bond acceptors (Lipinski definition) is 3. The van der Waals surface area contributed by atoms with Crippen LogP contribution in [0.5, 0.6) is 5.75 Å². The van der Waals surface area contributed by atoms with Gasteiger partial charge in [0.2, 0.25) is 0 Å². The Morgan fingerprint density at radius 1 is 1.30 bits per heavy atom. The van der Waals surface area contributed by atoms with E-state index in [1.807, 2.05) is 0 Å². The third-order valence-electron chi connectivity index (χ3n) is 3.15. The van der Waals surface area contributed by atoms with E-state index in [9.17, 15) is 4.79 Å². The highest BCUT2D eigenvalue weighted by atomic mass is 16.5. The number of rotatable bonds is 5. The fraction of sp³-hybridized carbons (Fsp3) is 0.533. The molecule has 20 heavy (non-hydrogen) atoms. The van der Waals surface area contributed by atoms with Gasteiger partial charge in [-0.1, -0.05) is 20.8 Å². The Labute approximate surface area is 120 Å². The number of benzene rings is 1. The number of nitrogens with two attached hydrogens (primary N) is 1. The van der Waals surface area contributed by atoms with E-state index < -0.39 is 0 Å². The van der Waals surface area contributed by atoms with Crippen molar-refractivity contribution in [2.75, 3.05) is 19.0 Å². The smallest absolute Gasteiger partial charge is 0.319 e. The molecule has 5 heteroatoms. The largest absolute Gasteiger partial charge is 0.497 e. The topological polar surface area (TPSA) is 76.4 Å². The summed E-state index contributed by atoms with van der Waals surface area (Å²) in [5, 5.41) is 5.78. The predicted molar refractivity (Wildman–Crippen MR) is 82.1 cm³/mol. The lowest BCUT2D eigenvalue weighted by Gasteiger charge is -2.31. The van der Waals surface area contributed by atoms with Crippen molar-refractivity contribution in [3.8, 4) is 5.75 Å². The van der Waals surface area contributed by atoms with E-state index in [0.717, 1.165) is 17.9 Å². The third kappa shape index (κ3) is 5.09. The Balaban J connectivity index is 2.60. The number of urea groups is 1. The zero-order valence-corrected chi connectivity index (χ0v) is 12.7. The molecule has 5 nitrogen and oxygen atoms in total.